The fourth-order valence-electron chi connectivity index (χ4n) is 2.89. The van der Waals surface area contributed by atoms with Crippen molar-refractivity contribution >= 4 is 17.4 Å². The molecule has 0 spiro atoms. The average molecular weight is 283 g/mol. The molecule has 108 valence electrons. The van der Waals surface area contributed by atoms with Gasteiger partial charge in [0.05, 0.1) is 17.4 Å². The summed E-state index contributed by atoms with van der Waals surface area (Å²) in [6.45, 7) is 4.37. The predicted molar refractivity (Wildman–Crippen MR) is 79.5 cm³/mol. The Morgan fingerprint density at radius 2 is 1.95 bits per heavy atom. The van der Waals surface area contributed by atoms with Crippen LogP contribution in [0.5, 0.6) is 0 Å². The summed E-state index contributed by atoms with van der Waals surface area (Å²) in [5, 5.41) is 4.12. The average Bonchev–Trinajstić information content (AvgIpc) is 2.93. The maximum atomic E-state index is 12.2. The second-order valence-electron chi connectivity index (χ2n) is 5.54. The molecule has 2 aromatic rings. The van der Waals surface area contributed by atoms with Crippen molar-refractivity contribution in [2.45, 2.75) is 20.3 Å². The molecule has 3 rings (SSSR count). The summed E-state index contributed by atoms with van der Waals surface area (Å²) in [4.78, 5) is 25.9. The van der Waals surface area contributed by atoms with Gasteiger partial charge in [-0.25, -0.2) is 0 Å². The minimum Gasteiger partial charge on any atom is -0.304 e. The molecule has 0 bridgehead atoms. The molecule has 5 heteroatoms. The van der Waals surface area contributed by atoms with Gasteiger partial charge in [-0.2, -0.15) is 5.10 Å². The standard InChI is InChI=1S/C16H17N3O2/c1-10-6-11(2)14-13(7-10)15(20)16(21)19(14)5-4-12-8-17-18(3)9-12/h6-9H,4-5H2,1-3H3. The van der Waals surface area contributed by atoms with Crippen LogP contribution in [0.3, 0.4) is 0 Å². The zero-order valence-electron chi connectivity index (χ0n) is 12.4. The molecule has 0 N–H and O–H groups in total. The van der Waals surface area contributed by atoms with Crippen molar-refractivity contribution in [2.75, 3.05) is 11.4 Å². The first kappa shape index (κ1) is 13.5. The first-order valence-corrected chi connectivity index (χ1v) is 6.92. The number of carbonyl (C=O) groups is 2. The lowest BCUT2D eigenvalue weighted by atomic mass is 10.0. The lowest BCUT2D eigenvalue weighted by Crippen LogP contribution is -2.32. The van der Waals surface area contributed by atoms with Gasteiger partial charge in [0.15, 0.2) is 0 Å². The van der Waals surface area contributed by atoms with Gasteiger partial charge in [-0.3, -0.25) is 14.3 Å². The lowest BCUT2D eigenvalue weighted by Gasteiger charge is -2.18. The number of benzene rings is 1. The van der Waals surface area contributed by atoms with E-state index in [0.717, 1.165) is 22.4 Å². The van der Waals surface area contributed by atoms with Crippen LogP contribution >= 0.6 is 0 Å². The molecule has 1 amide bonds. The molecule has 21 heavy (non-hydrogen) atoms. The minimum absolute atomic E-state index is 0.400. The SMILES string of the molecule is Cc1cc(C)c2c(c1)C(=O)C(=O)N2CCc1cnn(C)c1. The quantitative estimate of drug-likeness (QED) is 0.807. The van der Waals surface area contributed by atoms with Crippen molar-refractivity contribution in [3.8, 4) is 0 Å². The van der Waals surface area contributed by atoms with Gasteiger partial charge in [-0.15, -0.1) is 0 Å². The molecule has 0 fully saturated rings. The van der Waals surface area contributed by atoms with Gasteiger partial charge in [-0.05, 0) is 43.0 Å². The Hall–Kier alpha value is -2.43. The molecule has 1 aromatic heterocycles. The lowest BCUT2D eigenvalue weighted by molar-refractivity contribution is -0.114. The van der Waals surface area contributed by atoms with Crippen LogP contribution < -0.4 is 4.90 Å². The maximum absolute atomic E-state index is 12.2. The Balaban J connectivity index is 1.90. The summed E-state index contributed by atoms with van der Waals surface area (Å²) in [5.74, 6) is -0.828. The Kier molecular flexibility index (Phi) is 3.12. The van der Waals surface area contributed by atoms with Gasteiger partial charge in [0.25, 0.3) is 11.7 Å². The predicted octanol–water partition coefficient (Wildman–Crippen LogP) is 1.81. The first-order valence-electron chi connectivity index (χ1n) is 6.92. The highest BCUT2D eigenvalue weighted by Gasteiger charge is 2.36. The van der Waals surface area contributed by atoms with Crippen molar-refractivity contribution in [2.24, 2.45) is 7.05 Å². The van der Waals surface area contributed by atoms with E-state index in [2.05, 4.69) is 5.10 Å². The molecule has 0 atom stereocenters. The van der Waals surface area contributed by atoms with Crippen LogP contribution in [0.4, 0.5) is 5.69 Å². The highest BCUT2D eigenvalue weighted by atomic mass is 16.2. The number of hydrogen-bond donors (Lipinski definition) is 0. The van der Waals surface area contributed by atoms with Crippen LogP contribution in [-0.4, -0.2) is 28.0 Å². The van der Waals surface area contributed by atoms with Crippen molar-refractivity contribution in [3.05, 3.63) is 46.8 Å². The van der Waals surface area contributed by atoms with E-state index in [1.807, 2.05) is 33.2 Å². The number of hydrogen-bond acceptors (Lipinski definition) is 3. The van der Waals surface area contributed by atoms with E-state index in [1.165, 1.54) is 0 Å². The Bertz CT molecular complexity index is 746. The molecule has 1 aromatic carbocycles. The monoisotopic (exact) mass is 283 g/mol. The summed E-state index contributed by atoms with van der Waals surface area (Å²) in [7, 11) is 1.86. The fraction of sp³-hybridized carbons (Fsp3) is 0.312. The van der Waals surface area contributed by atoms with Gasteiger partial charge >= 0.3 is 0 Å². The number of aryl methyl sites for hydroxylation is 3. The Labute approximate surface area is 123 Å². The highest BCUT2D eigenvalue weighted by Crippen LogP contribution is 2.33. The zero-order valence-corrected chi connectivity index (χ0v) is 12.4. The molecule has 0 radical (unpaired) electrons. The number of rotatable bonds is 3. The highest BCUT2D eigenvalue weighted by molar-refractivity contribution is 6.52. The van der Waals surface area contributed by atoms with E-state index in [-0.39, 0.29) is 0 Å². The van der Waals surface area contributed by atoms with Gasteiger partial charge in [0, 0.05) is 19.8 Å². The van der Waals surface area contributed by atoms with Crippen LogP contribution in [0.2, 0.25) is 0 Å². The number of anilines is 1. The third-order valence-corrected chi connectivity index (χ3v) is 3.78. The zero-order chi connectivity index (χ0) is 15.1. The molecule has 5 nitrogen and oxygen atoms in total. The third kappa shape index (κ3) is 2.24. The molecular formula is C16H17N3O2. The summed E-state index contributed by atoms with van der Waals surface area (Å²) in [5.41, 5.74) is 4.32. The number of fused-ring (bicyclic) bond motifs is 1. The van der Waals surface area contributed by atoms with Crippen molar-refractivity contribution in [1.82, 2.24) is 9.78 Å². The number of nitrogens with zero attached hydrogens (tertiary/aromatic N) is 3. The summed E-state index contributed by atoms with van der Waals surface area (Å²) in [6, 6.07) is 3.80. The number of Topliss-reactive ketones (excluding diaryl/α,β-unsaturated/α-hetero) is 1. The number of ketones is 1. The number of aromatic nitrogens is 2. The van der Waals surface area contributed by atoms with Gasteiger partial charge < -0.3 is 4.90 Å². The van der Waals surface area contributed by atoms with Crippen molar-refractivity contribution in [3.63, 3.8) is 0 Å². The number of amides is 1. The molecule has 0 unspecified atom stereocenters. The van der Waals surface area contributed by atoms with Crippen molar-refractivity contribution < 1.29 is 9.59 Å². The van der Waals surface area contributed by atoms with Gasteiger partial charge in [0.2, 0.25) is 0 Å². The van der Waals surface area contributed by atoms with Crippen LogP contribution in [-0.2, 0) is 18.3 Å². The molecule has 0 saturated heterocycles. The second-order valence-corrected chi connectivity index (χ2v) is 5.54. The van der Waals surface area contributed by atoms with Crippen LogP contribution in [0.1, 0.15) is 27.0 Å². The van der Waals surface area contributed by atoms with E-state index in [0.29, 0.717) is 18.5 Å². The molecule has 2 heterocycles. The first-order chi connectivity index (χ1) is 9.97. The summed E-state index contributed by atoms with van der Waals surface area (Å²) < 4.78 is 1.73. The van der Waals surface area contributed by atoms with E-state index in [1.54, 1.807) is 21.8 Å². The van der Waals surface area contributed by atoms with Gasteiger partial charge in [0.1, 0.15) is 0 Å². The molecular weight excluding hydrogens is 266 g/mol. The van der Waals surface area contributed by atoms with Gasteiger partial charge in [-0.1, -0.05) is 6.07 Å². The normalized spacial score (nSPS) is 14.0. The fourth-order valence-corrected chi connectivity index (χ4v) is 2.89. The molecule has 0 saturated carbocycles. The minimum atomic E-state index is -0.428. The van der Waals surface area contributed by atoms with Crippen LogP contribution in [0.25, 0.3) is 0 Å². The maximum Gasteiger partial charge on any atom is 0.299 e. The van der Waals surface area contributed by atoms with E-state index >= 15 is 0 Å². The van der Waals surface area contributed by atoms with E-state index < -0.39 is 11.7 Å². The number of carbonyl (C=O) groups excluding carboxylic acids is 2. The molecule has 1 aliphatic rings. The molecule has 1 aliphatic heterocycles. The van der Waals surface area contributed by atoms with Crippen LogP contribution in [0.15, 0.2) is 24.5 Å². The summed E-state index contributed by atoms with van der Waals surface area (Å²) in [6.07, 6.45) is 4.39. The topological polar surface area (TPSA) is 55.2 Å². The van der Waals surface area contributed by atoms with Crippen molar-refractivity contribution in [1.29, 1.82) is 0 Å². The van der Waals surface area contributed by atoms with Crippen LogP contribution in [0, 0.1) is 13.8 Å². The van der Waals surface area contributed by atoms with E-state index in [9.17, 15) is 9.59 Å². The molecule has 0 aliphatic carbocycles. The largest absolute Gasteiger partial charge is 0.304 e. The third-order valence-electron chi connectivity index (χ3n) is 3.78. The Morgan fingerprint density at radius 1 is 1.19 bits per heavy atom. The smallest absolute Gasteiger partial charge is 0.299 e. The van der Waals surface area contributed by atoms with E-state index in [4.69, 9.17) is 0 Å². The summed E-state index contributed by atoms with van der Waals surface area (Å²) >= 11 is 0. The second kappa shape index (κ2) is 4.84. The Morgan fingerprint density at radius 3 is 2.62 bits per heavy atom.